The van der Waals surface area contributed by atoms with Gasteiger partial charge in [0, 0.05) is 34.9 Å². The van der Waals surface area contributed by atoms with Crippen molar-refractivity contribution >= 4 is 68.3 Å². The van der Waals surface area contributed by atoms with E-state index in [0.29, 0.717) is 5.11 Å². The molecule has 4 aromatic rings. The van der Waals surface area contributed by atoms with Crippen molar-refractivity contribution in [1.82, 2.24) is 4.31 Å². The van der Waals surface area contributed by atoms with Crippen molar-refractivity contribution in [3.63, 3.8) is 0 Å². The molecule has 6 rings (SSSR count). The minimum Gasteiger partial charge on any atom is -0.481 e. The van der Waals surface area contributed by atoms with Gasteiger partial charge in [-0.25, -0.2) is 4.31 Å². The van der Waals surface area contributed by atoms with E-state index < -0.39 is 5.97 Å². The zero-order valence-electron chi connectivity index (χ0n) is 28.4. The summed E-state index contributed by atoms with van der Waals surface area (Å²) in [5.74, 6) is -0.825. The van der Waals surface area contributed by atoms with Crippen LogP contribution in [-0.2, 0) is 17.8 Å². The van der Waals surface area contributed by atoms with E-state index >= 15 is 0 Å². The smallest absolute Gasteiger partial charge is 0.307 e. The summed E-state index contributed by atoms with van der Waals surface area (Å²) < 4.78 is 4.89. The van der Waals surface area contributed by atoms with Gasteiger partial charge in [-0.3, -0.25) is 4.79 Å². The van der Waals surface area contributed by atoms with E-state index in [1.165, 1.54) is 35.3 Å². The zero-order valence-corrected chi connectivity index (χ0v) is 30.8. The molecule has 0 amide bonds. The highest BCUT2D eigenvalue weighted by atomic mass is 32.2. The van der Waals surface area contributed by atoms with E-state index in [-0.39, 0.29) is 17.1 Å². The highest BCUT2D eigenvalue weighted by Gasteiger charge is 2.31. The first kappa shape index (κ1) is 34.2. The number of aliphatic carboxylic acids is 1. The first-order valence-corrected chi connectivity index (χ1v) is 19.4. The molecular formula is C39H44N4O2S3. The number of benzene rings is 4. The zero-order chi connectivity index (χ0) is 33.9. The summed E-state index contributed by atoms with van der Waals surface area (Å²) >= 11 is 7.61. The minimum atomic E-state index is -0.825. The van der Waals surface area contributed by atoms with Crippen molar-refractivity contribution < 1.29 is 9.90 Å². The van der Waals surface area contributed by atoms with Gasteiger partial charge in [-0.05, 0) is 152 Å². The fraction of sp³-hybridized carbons (Fsp3) is 0.308. The molecule has 48 heavy (non-hydrogen) atoms. The maximum Gasteiger partial charge on any atom is 0.307 e. The van der Waals surface area contributed by atoms with Crippen LogP contribution in [0.1, 0.15) is 54.0 Å². The number of aryl methyl sites for hydroxylation is 1. The third-order valence-corrected chi connectivity index (χ3v) is 12.3. The van der Waals surface area contributed by atoms with Crippen molar-refractivity contribution in [2.45, 2.75) is 64.8 Å². The van der Waals surface area contributed by atoms with Gasteiger partial charge in [0.1, 0.15) is 0 Å². The number of nitrogens with one attached hydrogen (secondary N) is 2. The van der Waals surface area contributed by atoms with E-state index in [9.17, 15) is 9.90 Å². The molecule has 2 aliphatic rings. The molecular weight excluding hydrogens is 653 g/mol. The van der Waals surface area contributed by atoms with Crippen molar-refractivity contribution in [1.29, 1.82) is 0 Å². The molecule has 2 aliphatic heterocycles. The van der Waals surface area contributed by atoms with Gasteiger partial charge in [-0.15, -0.1) is 10.7 Å². The molecule has 4 aromatic carbocycles. The molecule has 0 aliphatic carbocycles. The Bertz CT molecular complexity index is 1880. The Morgan fingerprint density at radius 3 is 2.25 bits per heavy atom. The van der Waals surface area contributed by atoms with E-state index in [1.807, 2.05) is 11.9 Å². The largest absolute Gasteiger partial charge is 0.481 e. The van der Waals surface area contributed by atoms with Crippen molar-refractivity contribution in [2.75, 3.05) is 34.3 Å². The number of carboxylic acid groups (broad SMARTS) is 1. The van der Waals surface area contributed by atoms with Crippen LogP contribution in [0.25, 0.3) is 22.3 Å². The summed E-state index contributed by atoms with van der Waals surface area (Å²) in [5, 5.41) is 19.6. The molecule has 9 heteroatoms. The monoisotopic (exact) mass is 696 g/mol. The topological polar surface area (TPSA) is 67.8 Å². The fourth-order valence-electron chi connectivity index (χ4n) is 6.80. The second kappa shape index (κ2) is 14.9. The molecule has 250 valence electrons. The quantitative estimate of drug-likeness (QED) is 0.124. The maximum absolute atomic E-state index is 12.2. The van der Waals surface area contributed by atoms with Crippen molar-refractivity contribution in [2.24, 2.45) is 0 Å². The number of carboxylic acids is 1. The molecule has 1 saturated heterocycles. The fourth-order valence-corrected chi connectivity index (χ4v) is 9.15. The predicted molar refractivity (Wildman–Crippen MR) is 212 cm³/mol. The molecule has 0 spiro atoms. The number of anilines is 3. The van der Waals surface area contributed by atoms with Gasteiger partial charge < -0.3 is 20.0 Å². The van der Waals surface area contributed by atoms with Crippen LogP contribution in [0, 0.1) is 20.8 Å². The number of nitrogens with zero attached hydrogens (tertiary/aromatic N) is 2. The number of thiocarbonyl (C=S) groups is 1. The van der Waals surface area contributed by atoms with Gasteiger partial charge in [0.05, 0.1) is 18.7 Å². The van der Waals surface area contributed by atoms with Gasteiger partial charge in [0.2, 0.25) is 0 Å². The van der Waals surface area contributed by atoms with Crippen LogP contribution in [0.4, 0.5) is 17.1 Å². The van der Waals surface area contributed by atoms with Gasteiger partial charge >= 0.3 is 5.97 Å². The second-order valence-electron chi connectivity index (χ2n) is 12.6. The molecule has 0 saturated carbocycles. The van der Waals surface area contributed by atoms with Gasteiger partial charge in [0.15, 0.2) is 5.11 Å². The Labute approximate surface area is 297 Å². The number of hydrogen-bond donors (Lipinski definition) is 3. The summed E-state index contributed by atoms with van der Waals surface area (Å²) in [6.07, 6.45) is 6.07. The average Bonchev–Trinajstić information content (AvgIpc) is 3.08. The number of fused-ring (bicyclic) bond motifs is 3. The van der Waals surface area contributed by atoms with Crippen LogP contribution >= 0.6 is 34.8 Å². The van der Waals surface area contributed by atoms with Crippen molar-refractivity contribution in [3.8, 4) is 22.3 Å². The van der Waals surface area contributed by atoms with Crippen LogP contribution in [0.2, 0.25) is 0 Å². The van der Waals surface area contributed by atoms with Crippen LogP contribution in [0.15, 0.2) is 71.6 Å². The summed E-state index contributed by atoms with van der Waals surface area (Å²) in [5.41, 5.74) is 12.7. The molecule has 3 N–H and O–H groups in total. The first-order valence-electron chi connectivity index (χ1n) is 16.5. The van der Waals surface area contributed by atoms with E-state index in [1.54, 1.807) is 0 Å². The molecule has 0 bridgehead atoms. The molecule has 1 atom stereocenters. The average molecular weight is 697 g/mol. The first-order chi connectivity index (χ1) is 23.1. The van der Waals surface area contributed by atoms with Crippen LogP contribution in [0.3, 0.4) is 0 Å². The number of carbonyl (C=O) groups is 1. The van der Waals surface area contributed by atoms with Crippen LogP contribution in [0.5, 0.6) is 0 Å². The second-order valence-corrected chi connectivity index (χ2v) is 16.2. The van der Waals surface area contributed by atoms with Crippen LogP contribution < -0.4 is 14.9 Å². The van der Waals surface area contributed by atoms with Crippen molar-refractivity contribution in [3.05, 3.63) is 94.5 Å². The Kier molecular flexibility index (Phi) is 10.6. The lowest BCUT2D eigenvalue weighted by atomic mass is 9.81. The third-order valence-electron chi connectivity index (χ3n) is 9.32. The minimum absolute atomic E-state index is 0.0311. The summed E-state index contributed by atoms with van der Waals surface area (Å²) in [6.45, 7) is 11.5. The number of piperidine rings is 1. The summed E-state index contributed by atoms with van der Waals surface area (Å²) in [4.78, 5) is 13.5. The molecule has 0 radical (unpaired) electrons. The lowest BCUT2D eigenvalue weighted by Gasteiger charge is -2.38. The summed E-state index contributed by atoms with van der Waals surface area (Å²) in [6, 6.07) is 23.4. The predicted octanol–water partition coefficient (Wildman–Crippen LogP) is 9.83. The van der Waals surface area contributed by atoms with Gasteiger partial charge in [-0.2, -0.15) is 0 Å². The Morgan fingerprint density at radius 2 is 1.58 bits per heavy atom. The van der Waals surface area contributed by atoms with E-state index in [2.05, 4.69) is 125 Å². The lowest BCUT2D eigenvalue weighted by molar-refractivity contribution is -0.136. The Hall–Kier alpha value is -3.63. The SMILES string of the molecule is C/C=S(/C)N1Cc2ccc(NC(=S)Nc3ccc(SN4CCCCC4)cc3)cc2-c2c(C)c(-c3ccc(C)cc3)c(CC(=O)O)c(C)c21. The molecule has 6 nitrogen and oxygen atoms in total. The van der Waals surface area contributed by atoms with Gasteiger partial charge in [-0.1, -0.05) is 42.3 Å². The number of rotatable bonds is 8. The molecule has 0 aromatic heterocycles. The Balaban J connectivity index is 1.34. The van der Waals surface area contributed by atoms with Crippen LogP contribution in [-0.4, -0.2) is 45.2 Å². The maximum atomic E-state index is 12.2. The Morgan fingerprint density at radius 1 is 0.917 bits per heavy atom. The van der Waals surface area contributed by atoms with E-state index in [0.717, 1.165) is 75.6 Å². The standard InChI is InChI=1S/C39H44N4O2S3/c1-6-48(5)43-24-29-14-15-31(41-39(46)40-30-16-18-32(19-17-30)47-42-20-8-7-9-21-42)22-34(29)37-27(4)36(28-12-10-25(2)11-13-28)33(23-35(44)45)26(3)38(37)43/h6,10-19,22H,7-9,20-21,23-24H2,1-5H3,(H,44,45)(H2,40,41,46). The summed E-state index contributed by atoms with van der Waals surface area (Å²) in [7, 11) is -0.157. The highest BCUT2D eigenvalue weighted by Crippen LogP contribution is 2.51. The molecule has 1 fully saturated rings. The molecule has 1 unspecified atom stereocenters. The third kappa shape index (κ3) is 7.34. The van der Waals surface area contributed by atoms with E-state index in [4.69, 9.17) is 12.2 Å². The normalized spacial score (nSPS) is 15.1. The lowest BCUT2D eigenvalue weighted by Crippen LogP contribution is -2.25. The molecule has 2 heterocycles. The highest BCUT2D eigenvalue weighted by molar-refractivity contribution is 8.15. The van der Waals surface area contributed by atoms with Gasteiger partial charge in [0.25, 0.3) is 0 Å². The number of hydrogen-bond acceptors (Lipinski definition) is 5.